The van der Waals surface area contributed by atoms with Crippen LogP contribution in [0.1, 0.15) is 80.2 Å². The minimum atomic E-state index is 0.00477. The van der Waals surface area contributed by atoms with Crippen LogP contribution in [-0.4, -0.2) is 26.4 Å². The Morgan fingerprint density at radius 1 is 1.13 bits per heavy atom. The molecular weight excluding hydrogens is 424 g/mol. The van der Waals surface area contributed by atoms with Crippen molar-refractivity contribution in [2.75, 3.05) is 11.1 Å². The largest absolute Gasteiger partial charge is 0.325 e. The molecule has 1 saturated carbocycles. The van der Waals surface area contributed by atoms with Gasteiger partial charge in [-0.2, -0.15) is 0 Å². The molecule has 1 aliphatic rings. The lowest BCUT2D eigenvalue weighted by Crippen LogP contribution is -2.18. The lowest BCUT2D eigenvalue weighted by Gasteiger charge is -2.20. The molecule has 1 N–H and O–H groups in total. The van der Waals surface area contributed by atoms with Crippen molar-refractivity contribution in [1.82, 2.24) is 14.8 Å². The second-order valence-electron chi connectivity index (χ2n) is 8.71. The Bertz CT molecular complexity index is 1010. The highest BCUT2D eigenvalue weighted by atomic mass is 32.2. The zero-order valence-corrected chi connectivity index (χ0v) is 20.2. The smallest absolute Gasteiger partial charge is 0.234 e. The van der Waals surface area contributed by atoms with E-state index in [1.54, 1.807) is 11.3 Å². The Labute approximate surface area is 192 Å². The van der Waals surface area contributed by atoms with E-state index in [0.717, 1.165) is 35.9 Å². The van der Waals surface area contributed by atoms with Crippen molar-refractivity contribution in [3.8, 4) is 0 Å². The molecule has 5 nitrogen and oxygen atoms in total. The molecular formula is C24H30N4OS2. The van der Waals surface area contributed by atoms with E-state index in [-0.39, 0.29) is 5.91 Å². The Balaban J connectivity index is 1.47. The molecule has 7 heteroatoms. The molecule has 164 valence electrons. The Morgan fingerprint density at radius 2 is 1.84 bits per heavy atom. The van der Waals surface area contributed by atoms with Gasteiger partial charge in [-0.15, -0.1) is 21.5 Å². The molecule has 3 aromatic rings. The van der Waals surface area contributed by atoms with E-state index in [1.807, 2.05) is 0 Å². The predicted octanol–water partition coefficient (Wildman–Crippen LogP) is 6.24. The van der Waals surface area contributed by atoms with Gasteiger partial charge in [-0.25, -0.2) is 0 Å². The summed E-state index contributed by atoms with van der Waals surface area (Å²) in [5.74, 6) is 2.03. The maximum absolute atomic E-state index is 12.9. The third kappa shape index (κ3) is 5.21. The van der Waals surface area contributed by atoms with E-state index in [2.05, 4.69) is 83.5 Å². The summed E-state index contributed by atoms with van der Waals surface area (Å²) in [6, 6.07) is 11.0. The zero-order chi connectivity index (χ0) is 22.0. The van der Waals surface area contributed by atoms with Gasteiger partial charge in [-0.05, 0) is 47.3 Å². The van der Waals surface area contributed by atoms with Gasteiger partial charge in [0.1, 0.15) is 5.82 Å². The molecule has 2 aromatic heterocycles. The highest BCUT2D eigenvalue weighted by Gasteiger charge is 2.30. The summed E-state index contributed by atoms with van der Waals surface area (Å²) in [6.45, 7) is 8.66. The fourth-order valence-corrected chi connectivity index (χ4v) is 5.32. The van der Waals surface area contributed by atoms with Crippen molar-refractivity contribution >= 4 is 34.7 Å². The summed E-state index contributed by atoms with van der Waals surface area (Å²) in [7, 11) is 0. The minimum absolute atomic E-state index is 0.00477. The number of thioether (sulfide) groups is 1. The molecule has 4 rings (SSSR count). The van der Waals surface area contributed by atoms with Gasteiger partial charge in [-0.1, -0.05) is 63.7 Å². The van der Waals surface area contributed by atoms with E-state index in [9.17, 15) is 4.79 Å². The minimum Gasteiger partial charge on any atom is -0.325 e. The molecule has 1 aliphatic carbocycles. The molecule has 2 heterocycles. The summed E-state index contributed by atoms with van der Waals surface area (Å²) in [4.78, 5) is 14.2. The Morgan fingerprint density at radius 3 is 2.42 bits per heavy atom. The van der Waals surface area contributed by atoms with Crippen molar-refractivity contribution in [3.05, 3.63) is 57.5 Å². The maximum atomic E-state index is 12.9. The first-order chi connectivity index (χ1) is 14.9. The number of para-hydroxylation sites is 1. The predicted molar refractivity (Wildman–Crippen MR) is 129 cm³/mol. The number of hydrogen-bond acceptors (Lipinski definition) is 5. The quantitative estimate of drug-likeness (QED) is 0.389. The van der Waals surface area contributed by atoms with Crippen LogP contribution >= 0.6 is 23.1 Å². The van der Waals surface area contributed by atoms with Crippen LogP contribution in [0.3, 0.4) is 0 Å². The molecule has 0 radical (unpaired) electrons. The van der Waals surface area contributed by atoms with Crippen molar-refractivity contribution < 1.29 is 4.79 Å². The van der Waals surface area contributed by atoms with E-state index in [0.29, 0.717) is 23.6 Å². The molecule has 1 aromatic carbocycles. The van der Waals surface area contributed by atoms with E-state index < -0.39 is 0 Å². The number of rotatable bonds is 9. The number of nitrogens with zero attached hydrogens (tertiary/aromatic N) is 3. The number of aromatic nitrogens is 3. The number of nitrogens with one attached hydrogen (secondary N) is 1. The highest BCUT2D eigenvalue weighted by Crippen LogP contribution is 2.39. The molecule has 31 heavy (non-hydrogen) atoms. The number of hydrogen-bond donors (Lipinski definition) is 1. The first kappa shape index (κ1) is 22.1. The number of carbonyl (C=O) groups is 1. The lowest BCUT2D eigenvalue weighted by atomic mass is 9.92. The average molecular weight is 455 g/mol. The van der Waals surface area contributed by atoms with Crippen molar-refractivity contribution in [3.63, 3.8) is 0 Å². The number of anilines is 1. The van der Waals surface area contributed by atoms with Crippen molar-refractivity contribution in [2.45, 2.75) is 70.0 Å². The summed E-state index contributed by atoms with van der Waals surface area (Å²) >= 11 is 3.23. The van der Waals surface area contributed by atoms with Gasteiger partial charge in [0.25, 0.3) is 0 Å². The number of carbonyl (C=O) groups excluding carboxylic acids is 1. The van der Waals surface area contributed by atoms with Gasteiger partial charge >= 0.3 is 0 Å². The topological polar surface area (TPSA) is 59.8 Å². The van der Waals surface area contributed by atoms with Gasteiger partial charge in [0, 0.05) is 23.0 Å². The van der Waals surface area contributed by atoms with Crippen LogP contribution in [0.25, 0.3) is 0 Å². The molecule has 1 amide bonds. The zero-order valence-electron chi connectivity index (χ0n) is 18.6. The highest BCUT2D eigenvalue weighted by molar-refractivity contribution is 7.99. The van der Waals surface area contributed by atoms with Gasteiger partial charge in [0.05, 0.1) is 5.75 Å². The Hall–Kier alpha value is -2.12. The second-order valence-corrected chi connectivity index (χ2v) is 10.7. The molecule has 0 aliphatic heterocycles. The second kappa shape index (κ2) is 9.57. The third-order valence-corrected chi connectivity index (χ3v) is 7.35. The molecule has 0 saturated heterocycles. The monoisotopic (exact) mass is 454 g/mol. The number of amides is 1. The van der Waals surface area contributed by atoms with E-state index >= 15 is 0 Å². The average Bonchev–Trinajstić information content (AvgIpc) is 3.28. The first-order valence-corrected chi connectivity index (χ1v) is 12.8. The van der Waals surface area contributed by atoms with Crippen LogP contribution in [0.15, 0.2) is 40.9 Å². The Kier molecular flexibility index (Phi) is 6.82. The van der Waals surface area contributed by atoms with Crippen LogP contribution < -0.4 is 5.32 Å². The molecule has 0 bridgehead atoms. The van der Waals surface area contributed by atoms with Gasteiger partial charge in [-0.3, -0.25) is 4.79 Å². The van der Waals surface area contributed by atoms with Crippen molar-refractivity contribution in [1.29, 1.82) is 0 Å². The van der Waals surface area contributed by atoms with Crippen LogP contribution in [0, 0.1) is 0 Å². The normalized spacial score (nSPS) is 13.9. The van der Waals surface area contributed by atoms with Gasteiger partial charge < -0.3 is 9.88 Å². The first-order valence-electron chi connectivity index (χ1n) is 11.0. The molecule has 0 spiro atoms. The molecule has 1 fully saturated rings. The van der Waals surface area contributed by atoms with E-state index in [1.165, 1.54) is 27.8 Å². The van der Waals surface area contributed by atoms with Gasteiger partial charge in [0.2, 0.25) is 5.91 Å². The SMILES string of the molecule is CC(C)c1cccc(C(C)C)c1NC(=O)CSc1nnc(Cc2cccs2)n1C1CC1. The summed E-state index contributed by atoms with van der Waals surface area (Å²) in [6.07, 6.45) is 3.12. The number of benzene rings is 1. The third-order valence-electron chi connectivity index (χ3n) is 5.53. The summed E-state index contributed by atoms with van der Waals surface area (Å²) < 4.78 is 2.25. The van der Waals surface area contributed by atoms with Crippen LogP contribution in [0.4, 0.5) is 5.69 Å². The molecule has 0 atom stereocenters. The van der Waals surface area contributed by atoms with Crippen LogP contribution in [-0.2, 0) is 11.2 Å². The fourth-order valence-electron chi connectivity index (χ4n) is 3.80. The summed E-state index contributed by atoms with van der Waals surface area (Å²) in [5.41, 5.74) is 3.34. The lowest BCUT2D eigenvalue weighted by molar-refractivity contribution is -0.113. The summed E-state index contributed by atoms with van der Waals surface area (Å²) in [5, 5.41) is 15.0. The standard InChI is InChI=1S/C24H30N4OS2/c1-15(2)19-8-5-9-20(16(3)4)23(19)25-22(29)14-31-24-27-26-21(28(24)17-10-11-17)13-18-7-6-12-30-18/h5-9,12,15-17H,10-11,13-14H2,1-4H3,(H,25,29). The van der Waals surface area contributed by atoms with Crippen LogP contribution in [0.5, 0.6) is 0 Å². The van der Waals surface area contributed by atoms with Crippen molar-refractivity contribution in [2.24, 2.45) is 0 Å². The number of thiophene rings is 1. The molecule has 0 unspecified atom stereocenters. The maximum Gasteiger partial charge on any atom is 0.234 e. The van der Waals surface area contributed by atoms with Gasteiger partial charge in [0.15, 0.2) is 5.16 Å². The van der Waals surface area contributed by atoms with E-state index in [4.69, 9.17) is 0 Å². The van der Waals surface area contributed by atoms with Crippen LogP contribution in [0.2, 0.25) is 0 Å². The fraction of sp³-hybridized carbons (Fsp3) is 0.458.